The van der Waals surface area contributed by atoms with Gasteiger partial charge < -0.3 is 5.32 Å². The predicted octanol–water partition coefficient (Wildman–Crippen LogP) is 5.31. The molecule has 0 amide bonds. The molecule has 104 valence electrons. The van der Waals surface area contributed by atoms with Gasteiger partial charge in [-0.1, -0.05) is 47.5 Å². The molecule has 1 N–H and O–H groups in total. The first-order valence-corrected chi connectivity index (χ1v) is 7.59. The molecule has 2 heteroatoms. The Labute approximate surface area is 126 Å². The molecule has 0 saturated heterocycles. The summed E-state index contributed by atoms with van der Waals surface area (Å²) in [6.07, 6.45) is 2.41. The minimum absolute atomic E-state index is 0.568. The van der Waals surface area contributed by atoms with E-state index < -0.39 is 0 Å². The number of rotatable bonds is 3. The van der Waals surface area contributed by atoms with E-state index >= 15 is 0 Å². The molecule has 0 bridgehead atoms. The normalized spacial score (nSPS) is 21.4. The maximum absolute atomic E-state index is 6.16. The second kappa shape index (κ2) is 5.49. The monoisotopic (exact) mass is 285 g/mol. The minimum Gasteiger partial charge on any atom is -0.382 e. The van der Waals surface area contributed by atoms with Crippen molar-refractivity contribution >= 4 is 17.3 Å². The fraction of sp³-hybridized carbons (Fsp3) is 0.333. The zero-order valence-corrected chi connectivity index (χ0v) is 12.7. The number of halogens is 1. The first-order chi connectivity index (χ1) is 9.63. The molecule has 2 aromatic carbocycles. The number of aryl methyl sites for hydroxylation is 1. The molecule has 2 aromatic rings. The largest absolute Gasteiger partial charge is 0.382 e. The summed E-state index contributed by atoms with van der Waals surface area (Å²) in [5, 5.41) is 4.45. The Bertz CT molecular complexity index is 597. The summed E-state index contributed by atoms with van der Waals surface area (Å²) < 4.78 is 0. The van der Waals surface area contributed by atoms with Gasteiger partial charge in [-0.25, -0.2) is 0 Å². The lowest BCUT2D eigenvalue weighted by Gasteiger charge is -2.37. The Morgan fingerprint density at radius 2 is 1.70 bits per heavy atom. The van der Waals surface area contributed by atoms with Gasteiger partial charge in [0.05, 0.1) is 0 Å². The molecule has 1 aliphatic rings. The SMILES string of the molecule is Cc1ccc(C2CC(Nc3cccc(Cl)c3C)C2)cc1. The van der Waals surface area contributed by atoms with E-state index in [1.165, 1.54) is 29.7 Å². The zero-order chi connectivity index (χ0) is 14.1. The Morgan fingerprint density at radius 1 is 1.00 bits per heavy atom. The molecule has 1 aliphatic carbocycles. The molecule has 20 heavy (non-hydrogen) atoms. The number of hydrogen-bond donors (Lipinski definition) is 1. The van der Waals surface area contributed by atoms with Crippen LogP contribution in [0.4, 0.5) is 5.69 Å². The van der Waals surface area contributed by atoms with E-state index in [-0.39, 0.29) is 0 Å². The average Bonchev–Trinajstić information content (AvgIpc) is 2.39. The first-order valence-electron chi connectivity index (χ1n) is 7.21. The van der Waals surface area contributed by atoms with Crippen molar-refractivity contribution in [2.24, 2.45) is 0 Å². The van der Waals surface area contributed by atoms with Crippen LogP contribution in [-0.2, 0) is 0 Å². The van der Waals surface area contributed by atoms with Crippen molar-refractivity contribution in [2.45, 2.75) is 38.6 Å². The number of anilines is 1. The van der Waals surface area contributed by atoms with Gasteiger partial charge in [-0.3, -0.25) is 0 Å². The fourth-order valence-corrected chi connectivity index (χ4v) is 3.00. The van der Waals surface area contributed by atoms with Crippen LogP contribution in [0.25, 0.3) is 0 Å². The molecule has 0 radical (unpaired) electrons. The Kier molecular flexibility index (Phi) is 3.71. The van der Waals surface area contributed by atoms with E-state index in [0.717, 1.165) is 10.6 Å². The first kappa shape index (κ1) is 13.5. The van der Waals surface area contributed by atoms with Crippen LogP contribution in [0.5, 0.6) is 0 Å². The standard InChI is InChI=1S/C18H20ClN/c1-12-6-8-14(9-7-12)15-10-16(11-15)20-18-5-3-4-17(19)13(18)2/h3-9,15-16,20H,10-11H2,1-2H3. The zero-order valence-electron chi connectivity index (χ0n) is 12.0. The number of benzene rings is 2. The van der Waals surface area contributed by atoms with E-state index in [0.29, 0.717) is 12.0 Å². The van der Waals surface area contributed by atoms with Gasteiger partial charge in [0, 0.05) is 16.8 Å². The highest BCUT2D eigenvalue weighted by molar-refractivity contribution is 6.31. The van der Waals surface area contributed by atoms with Gasteiger partial charge >= 0.3 is 0 Å². The van der Waals surface area contributed by atoms with Crippen LogP contribution < -0.4 is 5.32 Å². The third-order valence-electron chi connectivity index (χ3n) is 4.31. The number of hydrogen-bond acceptors (Lipinski definition) is 1. The number of nitrogens with one attached hydrogen (secondary N) is 1. The quantitative estimate of drug-likeness (QED) is 0.805. The smallest absolute Gasteiger partial charge is 0.0455 e. The van der Waals surface area contributed by atoms with Crippen molar-refractivity contribution in [1.29, 1.82) is 0 Å². The molecule has 1 nitrogen and oxygen atoms in total. The van der Waals surface area contributed by atoms with Gasteiger partial charge in [0.15, 0.2) is 0 Å². The fourth-order valence-electron chi connectivity index (χ4n) is 2.83. The molecule has 0 heterocycles. The Hall–Kier alpha value is -1.47. The third kappa shape index (κ3) is 2.69. The van der Waals surface area contributed by atoms with Gasteiger partial charge in [0.1, 0.15) is 0 Å². The second-order valence-electron chi connectivity index (χ2n) is 5.83. The van der Waals surface area contributed by atoms with E-state index in [1.54, 1.807) is 0 Å². The maximum atomic E-state index is 6.16. The predicted molar refractivity (Wildman–Crippen MR) is 86.8 cm³/mol. The van der Waals surface area contributed by atoms with Crippen LogP contribution in [0.15, 0.2) is 42.5 Å². The van der Waals surface area contributed by atoms with Crippen LogP contribution in [0.3, 0.4) is 0 Å². The van der Waals surface area contributed by atoms with Crippen molar-refractivity contribution in [3.8, 4) is 0 Å². The summed E-state index contributed by atoms with van der Waals surface area (Å²) in [4.78, 5) is 0. The van der Waals surface area contributed by atoms with E-state index in [9.17, 15) is 0 Å². The summed E-state index contributed by atoms with van der Waals surface area (Å²) in [6, 6.07) is 15.6. The lowest BCUT2D eigenvalue weighted by atomic mass is 9.75. The third-order valence-corrected chi connectivity index (χ3v) is 4.72. The van der Waals surface area contributed by atoms with Crippen LogP contribution >= 0.6 is 11.6 Å². The summed E-state index contributed by atoms with van der Waals surface area (Å²) >= 11 is 6.16. The summed E-state index contributed by atoms with van der Waals surface area (Å²) in [7, 11) is 0. The van der Waals surface area contributed by atoms with Crippen LogP contribution in [0.1, 0.15) is 35.4 Å². The van der Waals surface area contributed by atoms with Crippen molar-refractivity contribution in [3.05, 3.63) is 64.2 Å². The van der Waals surface area contributed by atoms with Gasteiger partial charge in [-0.05, 0) is 55.9 Å². The van der Waals surface area contributed by atoms with Crippen molar-refractivity contribution in [2.75, 3.05) is 5.32 Å². The van der Waals surface area contributed by atoms with Gasteiger partial charge in [0.25, 0.3) is 0 Å². The molecule has 1 fully saturated rings. The molecule has 0 aliphatic heterocycles. The molecular weight excluding hydrogens is 266 g/mol. The lowest BCUT2D eigenvalue weighted by Crippen LogP contribution is -2.34. The molecule has 0 aromatic heterocycles. The molecular formula is C18H20ClN. The van der Waals surface area contributed by atoms with E-state index in [4.69, 9.17) is 11.6 Å². The van der Waals surface area contributed by atoms with Gasteiger partial charge in [-0.15, -0.1) is 0 Å². The van der Waals surface area contributed by atoms with Crippen LogP contribution in [0, 0.1) is 13.8 Å². The topological polar surface area (TPSA) is 12.0 Å². The Morgan fingerprint density at radius 3 is 2.40 bits per heavy atom. The summed E-state index contributed by atoms with van der Waals surface area (Å²) in [6.45, 7) is 4.21. The highest BCUT2D eigenvalue weighted by Crippen LogP contribution is 2.39. The molecule has 0 atom stereocenters. The lowest BCUT2D eigenvalue weighted by molar-refractivity contribution is 0.374. The van der Waals surface area contributed by atoms with Crippen molar-refractivity contribution in [1.82, 2.24) is 0 Å². The van der Waals surface area contributed by atoms with Crippen molar-refractivity contribution < 1.29 is 0 Å². The van der Waals surface area contributed by atoms with E-state index in [1.807, 2.05) is 12.1 Å². The molecule has 0 unspecified atom stereocenters. The highest BCUT2D eigenvalue weighted by atomic mass is 35.5. The second-order valence-corrected chi connectivity index (χ2v) is 6.24. The minimum atomic E-state index is 0.568. The van der Waals surface area contributed by atoms with Crippen molar-refractivity contribution in [3.63, 3.8) is 0 Å². The summed E-state index contributed by atoms with van der Waals surface area (Å²) in [5.41, 5.74) is 5.12. The van der Waals surface area contributed by atoms with Gasteiger partial charge in [-0.2, -0.15) is 0 Å². The molecule has 1 saturated carbocycles. The average molecular weight is 286 g/mol. The molecule has 0 spiro atoms. The molecule has 3 rings (SSSR count). The van der Waals surface area contributed by atoms with Gasteiger partial charge in [0.2, 0.25) is 0 Å². The highest BCUT2D eigenvalue weighted by Gasteiger charge is 2.30. The van der Waals surface area contributed by atoms with Crippen LogP contribution in [0.2, 0.25) is 5.02 Å². The van der Waals surface area contributed by atoms with Crippen LogP contribution in [-0.4, -0.2) is 6.04 Å². The van der Waals surface area contributed by atoms with E-state index in [2.05, 4.69) is 49.5 Å². The maximum Gasteiger partial charge on any atom is 0.0455 e. The summed E-state index contributed by atoms with van der Waals surface area (Å²) in [5.74, 6) is 0.701. The Balaban J connectivity index is 1.61.